The van der Waals surface area contributed by atoms with Gasteiger partial charge in [0.1, 0.15) is 17.5 Å². The maximum atomic E-state index is 11.7. The minimum absolute atomic E-state index is 0.601. The Morgan fingerprint density at radius 2 is 2.06 bits per heavy atom. The molecule has 0 bridgehead atoms. The van der Waals surface area contributed by atoms with Crippen LogP contribution in [0.4, 0.5) is 0 Å². The predicted molar refractivity (Wildman–Crippen MR) is 62.2 cm³/mol. The minimum Gasteiger partial charge on any atom is -0.480 e. The van der Waals surface area contributed by atoms with Crippen molar-refractivity contribution < 1.29 is 27.7 Å². The molecule has 2 rings (SSSR count). The molecule has 0 aromatic carbocycles. The van der Waals surface area contributed by atoms with E-state index in [-0.39, 0.29) is 0 Å². The lowest BCUT2D eigenvalue weighted by atomic mass is 9.96. The molecule has 3 atom stereocenters. The van der Waals surface area contributed by atoms with E-state index in [0.717, 1.165) is 4.90 Å². The molecule has 0 saturated carbocycles. The zero-order valence-corrected chi connectivity index (χ0v) is 11.2. The van der Waals surface area contributed by atoms with Crippen LogP contribution in [-0.2, 0) is 19.9 Å². The van der Waals surface area contributed by atoms with E-state index in [1.165, 1.54) is 11.8 Å². The highest BCUT2D eigenvalue weighted by atomic mass is 32.2. The number of hydrogen-bond donors (Lipinski definition) is 3. The molecule has 2 saturated heterocycles. The fourth-order valence-corrected chi connectivity index (χ4v) is 4.54. The van der Waals surface area contributed by atoms with E-state index in [2.05, 4.69) is 0 Å². The average Bonchev–Trinajstić information content (AvgIpc) is 2.42. The van der Waals surface area contributed by atoms with E-state index < -0.39 is 44.4 Å². The topological polar surface area (TPSA) is 124 Å². The van der Waals surface area contributed by atoms with E-state index in [9.17, 15) is 18.0 Å². The van der Waals surface area contributed by atoms with Crippen LogP contribution in [0.1, 0.15) is 13.8 Å². The summed E-state index contributed by atoms with van der Waals surface area (Å²) in [6.45, 7) is 3.35. The van der Waals surface area contributed by atoms with Gasteiger partial charge in [0.2, 0.25) is 5.91 Å². The summed E-state index contributed by atoms with van der Waals surface area (Å²) in [7, 11) is -4.49. The second-order valence-corrected chi connectivity index (χ2v) is 7.63. The molecule has 3 N–H and O–H groups in total. The summed E-state index contributed by atoms with van der Waals surface area (Å²) in [6.07, 6.45) is 0. The molecule has 102 valence electrons. The van der Waals surface area contributed by atoms with Gasteiger partial charge >= 0.3 is 16.3 Å². The number of nitrogens with zero attached hydrogens (tertiary/aromatic N) is 1. The molecule has 1 amide bonds. The maximum Gasteiger partial charge on any atom is 0.334 e. The monoisotopic (exact) mass is 296 g/mol. The van der Waals surface area contributed by atoms with Crippen molar-refractivity contribution in [2.24, 2.45) is 0 Å². The van der Waals surface area contributed by atoms with Crippen LogP contribution < -0.4 is 4.72 Å². The normalized spacial score (nSPS) is 34.1. The Morgan fingerprint density at radius 3 is 2.50 bits per heavy atom. The number of carbonyl (C=O) groups is 2. The van der Waals surface area contributed by atoms with Gasteiger partial charge in [0, 0.05) is 4.75 Å². The Bertz CT molecular complexity index is 516. The number of carboxylic acid groups (broad SMARTS) is 1. The summed E-state index contributed by atoms with van der Waals surface area (Å²) in [4.78, 5) is 24.0. The molecule has 2 heterocycles. The molecule has 10 heteroatoms. The largest absolute Gasteiger partial charge is 0.480 e. The van der Waals surface area contributed by atoms with Gasteiger partial charge in [0.25, 0.3) is 0 Å². The summed E-state index contributed by atoms with van der Waals surface area (Å²) in [5, 5.41) is 8.51. The summed E-state index contributed by atoms with van der Waals surface area (Å²) in [6, 6.07) is -2.10. The lowest BCUT2D eigenvalue weighted by molar-refractivity contribution is -0.159. The molecule has 0 radical (unpaired) electrons. The zero-order chi connectivity index (χ0) is 13.9. The van der Waals surface area contributed by atoms with Crippen LogP contribution in [-0.4, -0.2) is 57.1 Å². The number of nitrogens with one attached hydrogen (secondary N) is 1. The van der Waals surface area contributed by atoms with E-state index in [1.54, 1.807) is 18.6 Å². The zero-order valence-electron chi connectivity index (χ0n) is 9.52. The van der Waals surface area contributed by atoms with Gasteiger partial charge in [-0.25, -0.2) is 4.79 Å². The van der Waals surface area contributed by atoms with E-state index in [0.29, 0.717) is 0 Å². The second-order valence-electron chi connectivity index (χ2n) is 4.67. The van der Waals surface area contributed by atoms with Crippen LogP contribution in [0.2, 0.25) is 0 Å². The molecule has 18 heavy (non-hydrogen) atoms. The third-order valence-corrected chi connectivity index (χ3v) is 5.07. The number of rotatable bonds is 3. The summed E-state index contributed by atoms with van der Waals surface area (Å²) in [5.41, 5.74) is 0. The van der Waals surface area contributed by atoms with Gasteiger partial charge in [-0.05, 0) is 13.8 Å². The first-order chi connectivity index (χ1) is 8.04. The van der Waals surface area contributed by atoms with Crippen LogP contribution in [0.5, 0.6) is 0 Å². The minimum atomic E-state index is -4.49. The van der Waals surface area contributed by atoms with Crippen molar-refractivity contribution in [2.45, 2.75) is 36.1 Å². The molecule has 2 aliphatic heterocycles. The molecule has 0 unspecified atom stereocenters. The number of carbonyl (C=O) groups excluding carboxylic acids is 1. The first-order valence-corrected chi connectivity index (χ1v) is 7.34. The predicted octanol–water partition coefficient (Wildman–Crippen LogP) is -1.11. The van der Waals surface area contributed by atoms with Crippen LogP contribution >= 0.6 is 11.8 Å². The van der Waals surface area contributed by atoms with Gasteiger partial charge < -0.3 is 10.0 Å². The first-order valence-electron chi connectivity index (χ1n) is 5.02. The molecule has 2 aliphatic rings. The van der Waals surface area contributed by atoms with Crippen LogP contribution in [0.25, 0.3) is 0 Å². The average molecular weight is 296 g/mol. The van der Waals surface area contributed by atoms with E-state index in [4.69, 9.17) is 9.66 Å². The molecule has 0 aromatic heterocycles. The van der Waals surface area contributed by atoms with Crippen molar-refractivity contribution in [3.05, 3.63) is 0 Å². The van der Waals surface area contributed by atoms with Crippen molar-refractivity contribution in [1.82, 2.24) is 9.62 Å². The third kappa shape index (κ3) is 1.98. The Balaban J connectivity index is 2.24. The van der Waals surface area contributed by atoms with Crippen LogP contribution in [0, 0.1) is 0 Å². The molecule has 2 fully saturated rings. The van der Waals surface area contributed by atoms with Crippen molar-refractivity contribution >= 4 is 33.9 Å². The molecule has 8 nitrogen and oxygen atoms in total. The van der Waals surface area contributed by atoms with Gasteiger partial charge in [0.15, 0.2) is 0 Å². The fourth-order valence-electron chi connectivity index (χ4n) is 2.28. The van der Waals surface area contributed by atoms with Crippen molar-refractivity contribution in [2.75, 3.05) is 0 Å². The number of thioether (sulfide) groups is 1. The second kappa shape index (κ2) is 3.83. The van der Waals surface area contributed by atoms with Gasteiger partial charge in [0.05, 0.1) is 0 Å². The quantitative estimate of drug-likeness (QED) is 0.446. The summed E-state index contributed by atoms with van der Waals surface area (Å²) < 4.78 is 31.1. The number of aliphatic carboxylic acids is 1. The van der Waals surface area contributed by atoms with Crippen molar-refractivity contribution in [3.8, 4) is 0 Å². The standard InChI is InChI=1S/C8H12N2O6S2/c1-8(2)4(7(12)13)10-5(11)3(6(10)17-8)9-18(14,15)16/h3-4,6,9H,1-2H3,(H,12,13)(H,14,15,16)/t3-,4+,6-/m1/s1. The summed E-state index contributed by atoms with van der Waals surface area (Å²) >= 11 is 1.19. The number of carboxylic acids is 1. The number of β-lactam (4-membered cyclic amide) rings is 1. The van der Waals surface area contributed by atoms with Gasteiger partial charge in [-0.1, -0.05) is 0 Å². The SMILES string of the molecule is CC1(C)S[C@@H]2[C@H](NS(=O)(=O)O)C(=O)N2[C@H]1C(=O)O. The first kappa shape index (κ1) is 13.6. The highest BCUT2D eigenvalue weighted by molar-refractivity contribution is 8.01. The summed E-state index contributed by atoms with van der Waals surface area (Å²) in [5.74, 6) is -1.77. The van der Waals surface area contributed by atoms with Gasteiger partial charge in [-0.3, -0.25) is 9.35 Å². The van der Waals surface area contributed by atoms with E-state index in [1.807, 2.05) is 0 Å². The highest BCUT2D eigenvalue weighted by Crippen LogP contribution is 2.50. The molecule has 0 aromatic rings. The molecular formula is C8H12N2O6S2. The van der Waals surface area contributed by atoms with E-state index >= 15 is 0 Å². The van der Waals surface area contributed by atoms with Gasteiger partial charge in [-0.2, -0.15) is 13.1 Å². The smallest absolute Gasteiger partial charge is 0.334 e. The Hall–Kier alpha value is -0.840. The Labute approximate surface area is 108 Å². The molecule has 0 aliphatic carbocycles. The molecular weight excluding hydrogens is 284 g/mol. The van der Waals surface area contributed by atoms with Crippen molar-refractivity contribution in [1.29, 1.82) is 0 Å². The number of fused-ring (bicyclic) bond motifs is 1. The fraction of sp³-hybridized carbons (Fsp3) is 0.750. The van der Waals surface area contributed by atoms with Crippen LogP contribution in [0.3, 0.4) is 0 Å². The van der Waals surface area contributed by atoms with Crippen LogP contribution in [0.15, 0.2) is 0 Å². The van der Waals surface area contributed by atoms with Gasteiger partial charge in [-0.15, -0.1) is 11.8 Å². The Kier molecular flexibility index (Phi) is 2.89. The lowest BCUT2D eigenvalue weighted by Gasteiger charge is -2.42. The maximum absolute atomic E-state index is 11.7. The Morgan fingerprint density at radius 1 is 1.50 bits per heavy atom. The van der Waals surface area contributed by atoms with Crippen molar-refractivity contribution in [3.63, 3.8) is 0 Å². The number of amides is 1. The molecule has 0 spiro atoms. The highest BCUT2D eigenvalue weighted by Gasteiger charge is 2.64. The number of hydrogen-bond acceptors (Lipinski definition) is 5. The third-order valence-electron chi connectivity index (χ3n) is 2.95. The lowest BCUT2D eigenvalue weighted by Crippen LogP contribution is -2.70.